The monoisotopic (exact) mass is 376 g/mol. The van der Waals surface area contributed by atoms with Crippen molar-refractivity contribution in [1.29, 1.82) is 0 Å². The molecule has 0 bridgehead atoms. The fourth-order valence-corrected chi connectivity index (χ4v) is 3.87. The van der Waals surface area contributed by atoms with Gasteiger partial charge in [-0.2, -0.15) is 5.10 Å². The first-order chi connectivity index (χ1) is 13.7. The van der Waals surface area contributed by atoms with Gasteiger partial charge in [0.15, 0.2) is 0 Å². The molecule has 0 atom stereocenters. The average molecular weight is 377 g/mol. The number of nitrogens with one attached hydrogen (secondary N) is 1. The van der Waals surface area contributed by atoms with Crippen molar-refractivity contribution in [1.82, 2.24) is 24.6 Å². The lowest BCUT2D eigenvalue weighted by molar-refractivity contribution is 0.203. The van der Waals surface area contributed by atoms with Crippen LogP contribution in [0.1, 0.15) is 42.6 Å². The third-order valence-electron chi connectivity index (χ3n) is 5.33. The standard InChI is InChI=1S/C22H28N6/c1-3-28-16-18(14-24-28)15-27-10-7-19(8-11-27)21-13-20(12-17(2)25-21)26-22-6-4-5-9-23-22/h4-6,9,12-14,16,19H,3,7-8,10-11,15H2,1-2H3,(H,23,25,26). The van der Waals surface area contributed by atoms with Crippen molar-refractivity contribution in [3.63, 3.8) is 0 Å². The maximum atomic E-state index is 4.83. The predicted molar refractivity (Wildman–Crippen MR) is 112 cm³/mol. The van der Waals surface area contributed by atoms with E-state index in [-0.39, 0.29) is 0 Å². The Morgan fingerprint density at radius 1 is 1.18 bits per heavy atom. The molecule has 1 N–H and O–H groups in total. The van der Waals surface area contributed by atoms with Crippen LogP contribution in [0.3, 0.4) is 0 Å². The number of pyridine rings is 2. The lowest BCUT2D eigenvalue weighted by Crippen LogP contribution is -2.32. The summed E-state index contributed by atoms with van der Waals surface area (Å²) in [5.41, 5.74) is 4.61. The highest BCUT2D eigenvalue weighted by Crippen LogP contribution is 2.30. The van der Waals surface area contributed by atoms with Crippen LogP contribution in [0, 0.1) is 6.92 Å². The number of aromatic nitrogens is 4. The second-order valence-corrected chi connectivity index (χ2v) is 7.52. The summed E-state index contributed by atoms with van der Waals surface area (Å²) in [6.45, 7) is 8.29. The minimum atomic E-state index is 0.513. The highest BCUT2D eigenvalue weighted by Gasteiger charge is 2.22. The lowest BCUT2D eigenvalue weighted by Gasteiger charge is -2.31. The van der Waals surface area contributed by atoms with Gasteiger partial charge in [-0.05, 0) is 64.0 Å². The Hall–Kier alpha value is -2.73. The second-order valence-electron chi connectivity index (χ2n) is 7.52. The Bertz CT molecular complexity index is 896. The quantitative estimate of drug-likeness (QED) is 0.701. The zero-order chi connectivity index (χ0) is 19.3. The van der Waals surface area contributed by atoms with E-state index in [9.17, 15) is 0 Å². The fraction of sp³-hybridized carbons (Fsp3) is 0.409. The van der Waals surface area contributed by atoms with Crippen molar-refractivity contribution in [2.24, 2.45) is 0 Å². The van der Waals surface area contributed by atoms with Gasteiger partial charge in [-0.1, -0.05) is 6.07 Å². The smallest absolute Gasteiger partial charge is 0.130 e. The van der Waals surface area contributed by atoms with Gasteiger partial charge in [-0.25, -0.2) is 4.98 Å². The van der Waals surface area contributed by atoms with Crippen LogP contribution in [0.2, 0.25) is 0 Å². The van der Waals surface area contributed by atoms with Crippen LogP contribution in [-0.4, -0.2) is 37.7 Å². The van der Waals surface area contributed by atoms with E-state index < -0.39 is 0 Å². The molecule has 1 aliphatic heterocycles. The van der Waals surface area contributed by atoms with Crippen LogP contribution in [0.4, 0.5) is 11.5 Å². The maximum absolute atomic E-state index is 4.83. The van der Waals surface area contributed by atoms with Crippen LogP contribution in [-0.2, 0) is 13.1 Å². The van der Waals surface area contributed by atoms with Crippen molar-refractivity contribution >= 4 is 11.5 Å². The van der Waals surface area contributed by atoms with E-state index in [1.165, 1.54) is 11.3 Å². The molecule has 6 heteroatoms. The molecular weight excluding hydrogens is 348 g/mol. The molecule has 146 valence electrons. The Kier molecular flexibility index (Phi) is 5.67. The molecule has 6 nitrogen and oxygen atoms in total. The summed E-state index contributed by atoms with van der Waals surface area (Å²) >= 11 is 0. The molecule has 28 heavy (non-hydrogen) atoms. The Balaban J connectivity index is 1.38. The highest BCUT2D eigenvalue weighted by atomic mass is 15.3. The zero-order valence-corrected chi connectivity index (χ0v) is 16.7. The molecule has 1 fully saturated rings. The summed E-state index contributed by atoms with van der Waals surface area (Å²) in [5.74, 6) is 1.38. The first-order valence-electron chi connectivity index (χ1n) is 10.1. The molecule has 0 aliphatic carbocycles. The number of rotatable bonds is 6. The van der Waals surface area contributed by atoms with E-state index in [2.05, 4.69) is 52.5 Å². The fourth-order valence-electron chi connectivity index (χ4n) is 3.87. The van der Waals surface area contributed by atoms with E-state index in [4.69, 9.17) is 4.98 Å². The number of hydrogen-bond donors (Lipinski definition) is 1. The number of piperidine rings is 1. The lowest BCUT2D eigenvalue weighted by atomic mass is 9.92. The van der Waals surface area contributed by atoms with Gasteiger partial charge < -0.3 is 5.32 Å². The molecule has 0 spiro atoms. The molecule has 1 saturated heterocycles. The van der Waals surface area contributed by atoms with E-state index in [0.717, 1.165) is 56.2 Å². The van der Waals surface area contributed by atoms with Crippen molar-refractivity contribution in [2.75, 3.05) is 18.4 Å². The highest BCUT2D eigenvalue weighted by molar-refractivity contribution is 5.56. The van der Waals surface area contributed by atoms with Gasteiger partial charge in [0.25, 0.3) is 0 Å². The van der Waals surface area contributed by atoms with E-state index in [1.807, 2.05) is 29.1 Å². The number of likely N-dealkylation sites (tertiary alicyclic amines) is 1. The van der Waals surface area contributed by atoms with Crippen LogP contribution in [0.5, 0.6) is 0 Å². The SMILES string of the molecule is CCn1cc(CN2CCC(c3cc(Nc4ccccn4)cc(C)n3)CC2)cn1. The molecule has 0 unspecified atom stereocenters. The maximum Gasteiger partial charge on any atom is 0.130 e. The number of nitrogens with zero attached hydrogens (tertiary/aromatic N) is 5. The first-order valence-corrected chi connectivity index (χ1v) is 10.1. The Morgan fingerprint density at radius 3 is 2.75 bits per heavy atom. The third-order valence-corrected chi connectivity index (χ3v) is 5.33. The normalized spacial score (nSPS) is 15.6. The van der Waals surface area contributed by atoms with Crippen molar-refractivity contribution < 1.29 is 0 Å². The summed E-state index contributed by atoms with van der Waals surface area (Å²) in [4.78, 5) is 11.7. The van der Waals surface area contributed by atoms with E-state index in [1.54, 1.807) is 6.20 Å². The van der Waals surface area contributed by atoms with E-state index >= 15 is 0 Å². The van der Waals surface area contributed by atoms with Gasteiger partial charge in [0.05, 0.1) is 6.20 Å². The molecule has 0 radical (unpaired) electrons. The molecule has 0 amide bonds. The molecule has 4 rings (SSSR count). The van der Waals surface area contributed by atoms with Crippen molar-refractivity contribution in [2.45, 2.75) is 45.7 Å². The van der Waals surface area contributed by atoms with Crippen molar-refractivity contribution in [3.8, 4) is 0 Å². The van der Waals surface area contributed by atoms with Crippen LogP contribution >= 0.6 is 0 Å². The van der Waals surface area contributed by atoms with E-state index in [0.29, 0.717) is 5.92 Å². The number of anilines is 2. The molecular formula is C22H28N6. The number of hydrogen-bond acceptors (Lipinski definition) is 5. The number of aryl methyl sites for hydroxylation is 2. The van der Waals surface area contributed by atoms with Gasteiger partial charge in [-0.15, -0.1) is 0 Å². The van der Waals surface area contributed by atoms with Gasteiger partial charge in [-0.3, -0.25) is 14.6 Å². The predicted octanol–water partition coefficient (Wildman–Crippen LogP) is 4.12. The van der Waals surface area contributed by atoms with Crippen LogP contribution < -0.4 is 5.32 Å². The zero-order valence-electron chi connectivity index (χ0n) is 16.7. The topological polar surface area (TPSA) is 58.9 Å². The minimum absolute atomic E-state index is 0.513. The Morgan fingerprint density at radius 2 is 2.04 bits per heavy atom. The first kappa shape index (κ1) is 18.6. The average Bonchev–Trinajstić information content (AvgIpc) is 3.16. The molecule has 3 aromatic rings. The van der Waals surface area contributed by atoms with Gasteiger partial charge in [0, 0.05) is 54.0 Å². The second kappa shape index (κ2) is 8.52. The molecule has 0 aromatic carbocycles. The minimum Gasteiger partial charge on any atom is -0.340 e. The summed E-state index contributed by atoms with van der Waals surface area (Å²) in [6, 6.07) is 10.2. The Labute approximate surface area is 166 Å². The molecule has 1 aliphatic rings. The van der Waals surface area contributed by atoms with Gasteiger partial charge >= 0.3 is 0 Å². The van der Waals surface area contributed by atoms with Gasteiger partial charge in [0.1, 0.15) is 5.82 Å². The third kappa shape index (κ3) is 4.57. The molecule has 0 saturated carbocycles. The van der Waals surface area contributed by atoms with Crippen LogP contribution in [0.25, 0.3) is 0 Å². The summed E-state index contributed by atoms with van der Waals surface area (Å²) in [5, 5.41) is 7.79. The summed E-state index contributed by atoms with van der Waals surface area (Å²) in [7, 11) is 0. The molecule has 3 aromatic heterocycles. The van der Waals surface area contributed by atoms with Crippen molar-refractivity contribution in [3.05, 3.63) is 65.9 Å². The van der Waals surface area contributed by atoms with Crippen LogP contribution in [0.15, 0.2) is 48.9 Å². The summed E-state index contributed by atoms with van der Waals surface area (Å²) < 4.78 is 1.99. The summed E-state index contributed by atoms with van der Waals surface area (Å²) in [6.07, 6.45) is 8.23. The largest absolute Gasteiger partial charge is 0.340 e. The molecule has 4 heterocycles. The van der Waals surface area contributed by atoms with Gasteiger partial charge in [0.2, 0.25) is 0 Å².